The minimum Gasteiger partial charge on any atom is -0.506 e. The van der Waals surface area contributed by atoms with Crippen LogP contribution in [0.5, 0.6) is 5.75 Å². The number of hydrogen-bond donors (Lipinski definition) is 2. The van der Waals surface area contributed by atoms with Crippen LogP contribution in [0, 0.1) is 5.92 Å². The second-order valence-electron chi connectivity index (χ2n) is 4.54. The minimum absolute atomic E-state index is 0.0750. The summed E-state index contributed by atoms with van der Waals surface area (Å²) in [4.78, 5) is 13.2. The van der Waals surface area contributed by atoms with Gasteiger partial charge in [0.05, 0.1) is 11.4 Å². The van der Waals surface area contributed by atoms with Crippen LogP contribution in [0.3, 0.4) is 0 Å². The van der Waals surface area contributed by atoms with Crippen molar-refractivity contribution in [2.75, 3.05) is 17.2 Å². The highest BCUT2D eigenvalue weighted by atomic mass is 35.5. The predicted molar refractivity (Wildman–Crippen MR) is 71.6 cm³/mol. The van der Waals surface area contributed by atoms with Crippen LogP contribution in [-0.2, 0) is 14.8 Å². The second kappa shape index (κ2) is 4.99. The molecule has 0 aliphatic carbocycles. The third-order valence-corrected chi connectivity index (χ3v) is 4.07. The summed E-state index contributed by atoms with van der Waals surface area (Å²) in [6.07, 6.45) is 0.0857. The summed E-state index contributed by atoms with van der Waals surface area (Å²) < 4.78 is 22.1. The number of carbonyl (C=O) groups is 1. The van der Waals surface area contributed by atoms with Gasteiger partial charge in [-0.2, -0.15) is 0 Å². The van der Waals surface area contributed by atoms with E-state index < -0.39 is 10.0 Å². The van der Waals surface area contributed by atoms with E-state index in [9.17, 15) is 18.3 Å². The number of halogens is 1. The molecule has 1 saturated heterocycles. The van der Waals surface area contributed by atoms with Crippen molar-refractivity contribution in [3.63, 3.8) is 0 Å². The van der Waals surface area contributed by atoms with Crippen LogP contribution in [0.4, 0.5) is 5.69 Å². The van der Waals surface area contributed by atoms with Gasteiger partial charge in [0.15, 0.2) is 0 Å². The number of phenolic OH excluding ortho intramolecular Hbond substituents is 1. The number of hydrogen-bond acceptors (Lipinski definition) is 4. The average Bonchev–Trinajstić information content (AvgIpc) is 2.60. The lowest BCUT2D eigenvalue weighted by atomic mass is 10.1. The number of amides is 1. The molecule has 1 aromatic rings. The molecule has 1 fully saturated rings. The molecule has 1 aliphatic rings. The van der Waals surface area contributed by atoms with E-state index >= 15 is 0 Å². The van der Waals surface area contributed by atoms with E-state index in [4.69, 9.17) is 16.7 Å². The van der Waals surface area contributed by atoms with Gasteiger partial charge in [-0.15, -0.1) is 0 Å². The van der Waals surface area contributed by atoms with Gasteiger partial charge in [-0.05, 0) is 18.2 Å². The Hall–Kier alpha value is -1.31. The molecule has 6 nitrogen and oxygen atoms in total. The zero-order chi connectivity index (χ0) is 14.2. The van der Waals surface area contributed by atoms with Crippen LogP contribution >= 0.6 is 11.6 Å². The van der Waals surface area contributed by atoms with Crippen molar-refractivity contribution in [2.45, 2.75) is 6.42 Å². The highest BCUT2D eigenvalue weighted by Crippen LogP contribution is 2.34. The first-order valence-corrected chi connectivity index (χ1v) is 7.65. The van der Waals surface area contributed by atoms with Gasteiger partial charge in [0.1, 0.15) is 5.75 Å². The molecule has 0 radical (unpaired) electrons. The summed E-state index contributed by atoms with van der Waals surface area (Å²) >= 11 is 5.82. The van der Waals surface area contributed by atoms with E-state index in [2.05, 4.69) is 0 Å². The fourth-order valence-corrected chi connectivity index (χ4v) is 3.21. The zero-order valence-corrected chi connectivity index (χ0v) is 11.5. The van der Waals surface area contributed by atoms with Crippen molar-refractivity contribution < 1.29 is 18.3 Å². The summed E-state index contributed by atoms with van der Waals surface area (Å²) in [6, 6.07) is 4.36. The quantitative estimate of drug-likeness (QED) is 0.857. The first kappa shape index (κ1) is 14.1. The van der Waals surface area contributed by atoms with Crippen molar-refractivity contribution in [2.24, 2.45) is 11.1 Å². The second-order valence-corrected chi connectivity index (χ2v) is 6.63. The fourth-order valence-electron chi connectivity index (χ4n) is 2.17. The van der Waals surface area contributed by atoms with Gasteiger partial charge in [-0.25, -0.2) is 13.6 Å². The Labute approximate surface area is 115 Å². The average molecular weight is 305 g/mol. The van der Waals surface area contributed by atoms with Crippen LogP contribution in [0.1, 0.15) is 6.42 Å². The maximum atomic E-state index is 11.9. The molecule has 1 unspecified atom stereocenters. The third-order valence-electron chi connectivity index (χ3n) is 2.90. The monoisotopic (exact) mass is 304 g/mol. The van der Waals surface area contributed by atoms with Crippen LogP contribution in [0.15, 0.2) is 18.2 Å². The van der Waals surface area contributed by atoms with Crippen molar-refractivity contribution in [3.8, 4) is 5.75 Å². The van der Waals surface area contributed by atoms with Gasteiger partial charge in [-0.1, -0.05) is 11.6 Å². The molecule has 1 aromatic carbocycles. The number of nitrogens with two attached hydrogens (primary N) is 1. The van der Waals surface area contributed by atoms with E-state index in [0.717, 1.165) is 0 Å². The number of aromatic hydroxyl groups is 1. The maximum absolute atomic E-state index is 11.9. The Kier molecular flexibility index (Phi) is 3.71. The van der Waals surface area contributed by atoms with Crippen molar-refractivity contribution >= 4 is 33.2 Å². The van der Waals surface area contributed by atoms with Crippen LogP contribution in [0.25, 0.3) is 0 Å². The number of sulfonamides is 1. The van der Waals surface area contributed by atoms with Gasteiger partial charge in [0.2, 0.25) is 15.9 Å². The Morgan fingerprint density at radius 1 is 1.47 bits per heavy atom. The number of phenols is 1. The van der Waals surface area contributed by atoms with E-state index in [-0.39, 0.29) is 42.0 Å². The molecule has 1 aliphatic heterocycles. The van der Waals surface area contributed by atoms with Gasteiger partial charge in [-0.3, -0.25) is 4.79 Å². The van der Waals surface area contributed by atoms with E-state index in [0.29, 0.717) is 5.02 Å². The number of benzene rings is 1. The normalized spacial score (nSPS) is 20.0. The molecule has 1 heterocycles. The van der Waals surface area contributed by atoms with Gasteiger partial charge in [0.25, 0.3) is 0 Å². The molecule has 0 saturated carbocycles. The molecule has 2 rings (SSSR count). The minimum atomic E-state index is -3.62. The first-order valence-electron chi connectivity index (χ1n) is 5.55. The standard InChI is InChI=1S/C11H13ClN2O4S/c12-8-1-2-10(15)9(4-8)14-5-7(3-11(14)16)6-19(13,17)18/h1-2,4,7,15H,3,5-6H2,(H2,13,17,18). The number of rotatable bonds is 3. The SMILES string of the molecule is NS(=O)(=O)CC1CC(=O)N(c2cc(Cl)ccc2O)C1. The van der Waals surface area contributed by atoms with Crippen molar-refractivity contribution in [1.82, 2.24) is 0 Å². The molecular weight excluding hydrogens is 292 g/mol. The summed E-state index contributed by atoms with van der Waals surface area (Å²) in [5.41, 5.74) is 0.286. The van der Waals surface area contributed by atoms with Crippen LogP contribution < -0.4 is 10.0 Å². The van der Waals surface area contributed by atoms with Gasteiger partial charge in [0, 0.05) is 23.9 Å². The number of primary sulfonamides is 1. The lowest BCUT2D eigenvalue weighted by Crippen LogP contribution is -2.27. The molecule has 104 valence electrons. The Balaban J connectivity index is 2.23. The number of carbonyl (C=O) groups excluding carboxylic acids is 1. The summed E-state index contributed by atoms with van der Waals surface area (Å²) in [6.45, 7) is 0.198. The fraction of sp³-hybridized carbons (Fsp3) is 0.364. The predicted octanol–water partition coefficient (Wildman–Crippen LogP) is 0.687. The Morgan fingerprint density at radius 2 is 2.16 bits per heavy atom. The summed E-state index contributed by atoms with van der Waals surface area (Å²) in [5.74, 6) is -0.961. The van der Waals surface area contributed by atoms with E-state index in [1.165, 1.54) is 23.1 Å². The van der Waals surface area contributed by atoms with E-state index in [1.807, 2.05) is 0 Å². The van der Waals surface area contributed by atoms with Crippen molar-refractivity contribution in [1.29, 1.82) is 0 Å². The highest BCUT2D eigenvalue weighted by molar-refractivity contribution is 7.89. The molecule has 0 spiro atoms. The van der Waals surface area contributed by atoms with Gasteiger partial charge < -0.3 is 10.0 Å². The molecule has 0 bridgehead atoms. The summed E-state index contributed by atoms with van der Waals surface area (Å²) in [7, 11) is -3.62. The molecular formula is C11H13ClN2O4S. The molecule has 19 heavy (non-hydrogen) atoms. The van der Waals surface area contributed by atoms with Gasteiger partial charge >= 0.3 is 0 Å². The van der Waals surface area contributed by atoms with Crippen LogP contribution in [-0.4, -0.2) is 31.7 Å². The van der Waals surface area contributed by atoms with Crippen LogP contribution in [0.2, 0.25) is 5.02 Å². The third kappa shape index (κ3) is 3.37. The molecule has 0 aromatic heterocycles. The molecule has 1 amide bonds. The Bertz CT molecular complexity index is 617. The topological polar surface area (TPSA) is 101 Å². The Morgan fingerprint density at radius 3 is 2.79 bits per heavy atom. The van der Waals surface area contributed by atoms with E-state index in [1.54, 1.807) is 0 Å². The summed E-state index contributed by atoms with van der Waals surface area (Å²) in [5, 5.41) is 15.1. The van der Waals surface area contributed by atoms with Crippen molar-refractivity contribution in [3.05, 3.63) is 23.2 Å². The highest BCUT2D eigenvalue weighted by Gasteiger charge is 2.33. The molecule has 8 heteroatoms. The lowest BCUT2D eigenvalue weighted by molar-refractivity contribution is -0.117. The first-order chi connectivity index (χ1) is 8.76. The molecule has 3 N–H and O–H groups in total. The maximum Gasteiger partial charge on any atom is 0.227 e. The smallest absolute Gasteiger partial charge is 0.227 e. The lowest BCUT2D eigenvalue weighted by Gasteiger charge is -2.18. The largest absolute Gasteiger partial charge is 0.506 e. The molecule has 1 atom stereocenters. The number of nitrogens with zero attached hydrogens (tertiary/aromatic N) is 1. The number of anilines is 1. The zero-order valence-electron chi connectivity index (χ0n) is 9.91.